The molecule has 0 atom stereocenters. The van der Waals surface area contributed by atoms with Crippen molar-refractivity contribution >= 4 is 28.4 Å². The lowest BCUT2D eigenvalue weighted by Crippen LogP contribution is -2.12. The number of nitrogens with one attached hydrogen (secondary N) is 2. The molecule has 3 aromatic rings. The molecular formula is C12H9ClN4O. The van der Waals surface area contributed by atoms with Gasteiger partial charge in [0.25, 0.3) is 0 Å². The van der Waals surface area contributed by atoms with Crippen molar-refractivity contribution in [3.8, 4) is 11.3 Å². The maximum Gasteiger partial charge on any atom is 0.249 e. The van der Waals surface area contributed by atoms with Crippen LogP contribution in [0.4, 0.5) is 0 Å². The fourth-order valence-corrected chi connectivity index (χ4v) is 2.13. The minimum Gasteiger partial charge on any atom is -0.366 e. The van der Waals surface area contributed by atoms with E-state index in [2.05, 4.69) is 15.2 Å². The highest BCUT2D eigenvalue weighted by Gasteiger charge is 2.15. The Kier molecular flexibility index (Phi) is 2.34. The predicted octanol–water partition coefficient (Wildman–Crippen LogP) is 2.31. The van der Waals surface area contributed by atoms with Crippen molar-refractivity contribution in [3.05, 3.63) is 41.2 Å². The number of primary amides is 1. The number of H-pyrrole nitrogens is 2. The van der Waals surface area contributed by atoms with E-state index in [1.807, 2.05) is 6.20 Å². The molecule has 2 aromatic heterocycles. The van der Waals surface area contributed by atoms with Gasteiger partial charge in [0.15, 0.2) is 0 Å². The largest absolute Gasteiger partial charge is 0.366 e. The van der Waals surface area contributed by atoms with Gasteiger partial charge in [-0.05, 0) is 12.1 Å². The summed E-state index contributed by atoms with van der Waals surface area (Å²) in [7, 11) is 0. The average molecular weight is 261 g/mol. The van der Waals surface area contributed by atoms with Crippen LogP contribution in [-0.4, -0.2) is 21.1 Å². The molecule has 0 fully saturated rings. The summed E-state index contributed by atoms with van der Waals surface area (Å²) in [6, 6.07) is 4.99. The molecule has 18 heavy (non-hydrogen) atoms. The predicted molar refractivity (Wildman–Crippen MR) is 69.4 cm³/mol. The number of carbonyl (C=O) groups is 1. The molecule has 0 saturated carbocycles. The van der Waals surface area contributed by atoms with Crippen molar-refractivity contribution in [3.63, 3.8) is 0 Å². The summed E-state index contributed by atoms with van der Waals surface area (Å²) in [5.41, 5.74) is 7.94. The molecule has 2 heterocycles. The van der Waals surface area contributed by atoms with E-state index in [4.69, 9.17) is 17.3 Å². The van der Waals surface area contributed by atoms with E-state index in [1.54, 1.807) is 24.4 Å². The molecule has 90 valence electrons. The number of fused-ring (bicyclic) bond motifs is 1. The van der Waals surface area contributed by atoms with Gasteiger partial charge in [0, 0.05) is 28.4 Å². The molecule has 0 unspecified atom stereocenters. The maximum absolute atomic E-state index is 11.5. The van der Waals surface area contributed by atoms with Crippen LogP contribution in [0.1, 0.15) is 10.4 Å². The summed E-state index contributed by atoms with van der Waals surface area (Å²) in [4.78, 5) is 14.4. The Bertz CT molecular complexity index is 743. The number of nitrogens with zero attached hydrogens (tertiary/aromatic N) is 1. The van der Waals surface area contributed by atoms with E-state index < -0.39 is 5.91 Å². The molecule has 1 aromatic carbocycles. The average Bonchev–Trinajstić information content (AvgIpc) is 2.91. The van der Waals surface area contributed by atoms with Crippen LogP contribution in [0.15, 0.2) is 30.6 Å². The molecule has 0 aliphatic rings. The lowest BCUT2D eigenvalue weighted by Gasteiger charge is -2.04. The fourth-order valence-electron chi connectivity index (χ4n) is 1.96. The number of benzene rings is 1. The van der Waals surface area contributed by atoms with E-state index in [1.165, 1.54) is 0 Å². The van der Waals surface area contributed by atoms with E-state index >= 15 is 0 Å². The van der Waals surface area contributed by atoms with Crippen LogP contribution >= 0.6 is 11.6 Å². The van der Waals surface area contributed by atoms with Gasteiger partial charge < -0.3 is 10.7 Å². The van der Waals surface area contributed by atoms with Crippen LogP contribution < -0.4 is 5.73 Å². The normalized spacial score (nSPS) is 10.9. The van der Waals surface area contributed by atoms with E-state index in [9.17, 15) is 4.79 Å². The van der Waals surface area contributed by atoms with Crippen LogP contribution in [0.5, 0.6) is 0 Å². The smallest absolute Gasteiger partial charge is 0.249 e. The summed E-state index contributed by atoms with van der Waals surface area (Å²) in [6.07, 6.45) is 3.61. The molecule has 0 aliphatic carbocycles. The molecule has 0 aliphatic heterocycles. The molecule has 5 nitrogen and oxygen atoms in total. The molecule has 1 amide bonds. The topological polar surface area (TPSA) is 87.6 Å². The second-order valence-corrected chi connectivity index (χ2v) is 4.35. The number of hydrogen-bond donors (Lipinski definition) is 3. The number of aromatic nitrogens is 3. The number of rotatable bonds is 2. The van der Waals surface area contributed by atoms with Crippen LogP contribution in [-0.2, 0) is 0 Å². The number of halogens is 1. The summed E-state index contributed by atoms with van der Waals surface area (Å²) in [5.74, 6) is -0.529. The minimum absolute atomic E-state index is 0.358. The third-order valence-corrected chi connectivity index (χ3v) is 3.03. The number of nitrogens with two attached hydrogens (primary N) is 1. The highest BCUT2D eigenvalue weighted by molar-refractivity contribution is 6.31. The van der Waals surface area contributed by atoms with E-state index in [0.717, 1.165) is 10.9 Å². The Morgan fingerprint density at radius 3 is 2.94 bits per heavy atom. The quantitative estimate of drug-likeness (QED) is 0.660. The van der Waals surface area contributed by atoms with Crippen LogP contribution in [0.3, 0.4) is 0 Å². The van der Waals surface area contributed by atoms with Gasteiger partial charge in [0.2, 0.25) is 5.91 Å². The lowest BCUT2D eigenvalue weighted by atomic mass is 10.0. The molecule has 3 rings (SSSR count). The fraction of sp³-hybridized carbons (Fsp3) is 0. The van der Waals surface area contributed by atoms with E-state index in [-0.39, 0.29) is 0 Å². The van der Waals surface area contributed by atoms with Crippen LogP contribution in [0.2, 0.25) is 5.02 Å². The number of amides is 1. The van der Waals surface area contributed by atoms with Crippen LogP contribution in [0, 0.1) is 0 Å². The lowest BCUT2D eigenvalue weighted by molar-refractivity contribution is 0.100. The summed E-state index contributed by atoms with van der Waals surface area (Å²) < 4.78 is 0. The Morgan fingerprint density at radius 2 is 2.17 bits per heavy atom. The molecule has 0 spiro atoms. The van der Waals surface area contributed by atoms with Gasteiger partial charge in [0.05, 0.1) is 11.1 Å². The second-order valence-electron chi connectivity index (χ2n) is 3.91. The van der Waals surface area contributed by atoms with Crippen molar-refractivity contribution in [1.29, 1.82) is 0 Å². The first kappa shape index (κ1) is 10.9. The minimum atomic E-state index is -0.529. The number of carbonyl (C=O) groups excluding carboxylic acids is 1. The number of aromatic amines is 2. The zero-order valence-corrected chi connectivity index (χ0v) is 9.95. The monoisotopic (exact) mass is 260 g/mol. The second kappa shape index (κ2) is 3.89. The molecule has 0 saturated heterocycles. The third kappa shape index (κ3) is 1.56. The SMILES string of the molecule is NC(=O)c1cc(Cl)ccc1-c1n[nH]c2c[nH]cc12. The van der Waals surface area contributed by atoms with Gasteiger partial charge in [-0.3, -0.25) is 9.89 Å². The standard InChI is InChI=1S/C12H9ClN4O/c13-6-1-2-7(8(3-6)12(14)18)11-9-4-15-5-10(9)16-17-11/h1-5,15-16H,(H2,14,18). The molecule has 0 bridgehead atoms. The first-order valence-electron chi connectivity index (χ1n) is 5.27. The van der Waals surface area contributed by atoms with Gasteiger partial charge in [-0.1, -0.05) is 17.7 Å². The summed E-state index contributed by atoms with van der Waals surface area (Å²) in [6.45, 7) is 0. The van der Waals surface area contributed by atoms with Crippen molar-refractivity contribution in [2.75, 3.05) is 0 Å². The molecular weight excluding hydrogens is 252 g/mol. The molecule has 6 heteroatoms. The Balaban J connectivity index is 2.29. The van der Waals surface area contributed by atoms with E-state index in [0.29, 0.717) is 21.8 Å². The zero-order valence-electron chi connectivity index (χ0n) is 9.20. The van der Waals surface area contributed by atoms with Crippen molar-refractivity contribution < 1.29 is 4.79 Å². The summed E-state index contributed by atoms with van der Waals surface area (Å²) >= 11 is 5.88. The first-order chi connectivity index (χ1) is 8.66. The first-order valence-corrected chi connectivity index (χ1v) is 5.65. The van der Waals surface area contributed by atoms with Crippen molar-refractivity contribution in [1.82, 2.24) is 15.2 Å². The van der Waals surface area contributed by atoms with Gasteiger partial charge in [-0.25, -0.2) is 0 Å². The zero-order chi connectivity index (χ0) is 12.7. The van der Waals surface area contributed by atoms with Gasteiger partial charge >= 0.3 is 0 Å². The van der Waals surface area contributed by atoms with Crippen molar-refractivity contribution in [2.45, 2.75) is 0 Å². The number of hydrogen-bond acceptors (Lipinski definition) is 2. The van der Waals surface area contributed by atoms with Gasteiger partial charge in [-0.2, -0.15) is 5.10 Å². The highest BCUT2D eigenvalue weighted by atomic mass is 35.5. The molecule has 4 N–H and O–H groups in total. The van der Waals surface area contributed by atoms with Crippen molar-refractivity contribution in [2.24, 2.45) is 5.73 Å². The summed E-state index contributed by atoms with van der Waals surface area (Å²) in [5, 5.41) is 8.45. The maximum atomic E-state index is 11.5. The third-order valence-electron chi connectivity index (χ3n) is 2.79. The Hall–Kier alpha value is -2.27. The Morgan fingerprint density at radius 1 is 1.33 bits per heavy atom. The van der Waals surface area contributed by atoms with Gasteiger partial charge in [0.1, 0.15) is 5.69 Å². The van der Waals surface area contributed by atoms with Gasteiger partial charge in [-0.15, -0.1) is 0 Å². The highest BCUT2D eigenvalue weighted by Crippen LogP contribution is 2.30. The molecule has 0 radical (unpaired) electrons. The Labute approximate surface area is 107 Å². The van der Waals surface area contributed by atoms with Crippen LogP contribution in [0.25, 0.3) is 22.2 Å².